The Morgan fingerprint density at radius 2 is 1.79 bits per heavy atom. The number of Topliss-reactive ketones (excluding diaryl/α,β-unsaturated/α-hetero) is 1. The highest BCUT2D eigenvalue weighted by molar-refractivity contribution is 5.84. The van der Waals surface area contributed by atoms with Gasteiger partial charge in [-0.1, -0.05) is 12.8 Å². The second kappa shape index (κ2) is 5.72. The summed E-state index contributed by atoms with van der Waals surface area (Å²) in [6, 6.07) is 0.300. The van der Waals surface area contributed by atoms with Crippen LogP contribution in [0.15, 0.2) is 0 Å². The molecule has 82 valence electrons. The van der Waals surface area contributed by atoms with Crippen LogP contribution in [0.3, 0.4) is 0 Å². The summed E-state index contributed by atoms with van der Waals surface area (Å²) in [5, 5.41) is 0. The number of carbonyl (C=O) groups is 1. The Kier molecular flexibility index (Phi) is 4.90. The van der Waals surface area contributed by atoms with E-state index >= 15 is 0 Å². The van der Waals surface area contributed by atoms with Gasteiger partial charge in [-0.3, -0.25) is 9.69 Å². The Bertz CT molecular complexity index is 195. The summed E-state index contributed by atoms with van der Waals surface area (Å²) in [7, 11) is 0. The van der Waals surface area contributed by atoms with Gasteiger partial charge in [-0.15, -0.1) is 0 Å². The molecule has 1 atom stereocenters. The van der Waals surface area contributed by atoms with Crippen molar-refractivity contribution in [3.05, 3.63) is 0 Å². The first-order valence-corrected chi connectivity index (χ1v) is 5.65. The van der Waals surface area contributed by atoms with Crippen molar-refractivity contribution < 1.29 is 18.6 Å². The van der Waals surface area contributed by atoms with Crippen LogP contribution in [-0.2, 0) is 4.79 Å². The number of likely N-dealkylation sites (tertiary alicyclic amines) is 1. The Morgan fingerprint density at radius 1 is 1.07 bits per heavy atom. The van der Waals surface area contributed by atoms with Crippen molar-refractivity contribution in [3.63, 3.8) is 0 Å². The molecule has 1 heterocycles. The maximum atomic E-state index is 11.7. The molecule has 3 heteroatoms. The summed E-state index contributed by atoms with van der Waals surface area (Å²) in [5.74, 6) is 0.508. The molecule has 14 heavy (non-hydrogen) atoms. The van der Waals surface area contributed by atoms with Crippen LogP contribution >= 0.6 is 0 Å². The highest BCUT2D eigenvalue weighted by Crippen LogP contribution is 2.22. The SMILES string of the molecule is O=C1CCCCC1N1CCCCC1.[Cl-].[H+]. The van der Waals surface area contributed by atoms with E-state index in [1.807, 2.05) is 0 Å². The van der Waals surface area contributed by atoms with Crippen LogP contribution < -0.4 is 12.4 Å². The van der Waals surface area contributed by atoms with Gasteiger partial charge in [0.05, 0.1) is 6.04 Å². The molecule has 0 amide bonds. The van der Waals surface area contributed by atoms with Crippen molar-refractivity contribution in [1.82, 2.24) is 4.90 Å². The molecule has 0 aromatic heterocycles. The third-order valence-corrected chi connectivity index (χ3v) is 3.35. The highest BCUT2D eigenvalue weighted by atomic mass is 35.5. The first-order chi connectivity index (χ1) is 6.38. The summed E-state index contributed by atoms with van der Waals surface area (Å²) in [6.45, 7) is 2.33. The fourth-order valence-corrected chi connectivity index (χ4v) is 2.58. The number of ketones is 1. The van der Waals surface area contributed by atoms with Crippen LogP contribution in [0.4, 0.5) is 0 Å². The molecule has 2 rings (SSSR count). The van der Waals surface area contributed by atoms with Gasteiger partial charge in [0.25, 0.3) is 0 Å². The minimum atomic E-state index is 0. The maximum absolute atomic E-state index is 11.7. The zero-order valence-corrected chi connectivity index (χ0v) is 9.43. The van der Waals surface area contributed by atoms with Crippen molar-refractivity contribution in [3.8, 4) is 0 Å². The number of halogens is 1. The fourth-order valence-electron chi connectivity index (χ4n) is 2.58. The molecule has 0 aromatic rings. The summed E-state index contributed by atoms with van der Waals surface area (Å²) in [6.07, 6.45) is 8.29. The van der Waals surface area contributed by atoms with Crippen LogP contribution in [0.1, 0.15) is 46.4 Å². The minimum Gasteiger partial charge on any atom is -1.00 e. The average molecular weight is 218 g/mol. The summed E-state index contributed by atoms with van der Waals surface area (Å²) in [5.41, 5.74) is 0. The van der Waals surface area contributed by atoms with Gasteiger partial charge in [0.1, 0.15) is 5.78 Å². The van der Waals surface area contributed by atoms with Crippen LogP contribution in [0.5, 0.6) is 0 Å². The molecule has 0 bridgehead atoms. The van der Waals surface area contributed by atoms with Gasteiger partial charge in [-0.05, 0) is 38.8 Å². The molecule has 2 fully saturated rings. The van der Waals surface area contributed by atoms with E-state index in [0.29, 0.717) is 11.8 Å². The van der Waals surface area contributed by atoms with E-state index in [1.54, 1.807) is 0 Å². The number of nitrogens with zero attached hydrogens (tertiary/aromatic N) is 1. The minimum absolute atomic E-state index is 0. The van der Waals surface area contributed by atoms with Crippen molar-refractivity contribution >= 4 is 5.78 Å². The molecule has 1 unspecified atom stereocenters. The molecule has 1 aliphatic carbocycles. The quantitative estimate of drug-likeness (QED) is 0.568. The second-order valence-corrected chi connectivity index (χ2v) is 4.32. The van der Waals surface area contributed by atoms with Gasteiger partial charge < -0.3 is 12.4 Å². The molecule has 2 nitrogen and oxygen atoms in total. The second-order valence-electron chi connectivity index (χ2n) is 4.32. The van der Waals surface area contributed by atoms with E-state index in [0.717, 1.165) is 32.4 Å². The van der Waals surface area contributed by atoms with Gasteiger partial charge in [-0.2, -0.15) is 0 Å². The zero-order chi connectivity index (χ0) is 9.10. The monoisotopic (exact) mass is 217 g/mol. The lowest BCUT2D eigenvalue weighted by atomic mass is 9.91. The lowest BCUT2D eigenvalue weighted by Gasteiger charge is -2.35. The van der Waals surface area contributed by atoms with Crippen molar-refractivity contribution in [2.45, 2.75) is 51.0 Å². The number of rotatable bonds is 1. The number of hydrogen-bond acceptors (Lipinski definition) is 2. The first-order valence-electron chi connectivity index (χ1n) is 5.65. The summed E-state index contributed by atoms with van der Waals surface area (Å²) in [4.78, 5) is 14.1. The molecule has 1 aliphatic heterocycles. The molecule has 0 N–H and O–H groups in total. The molecule has 1 saturated heterocycles. The van der Waals surface area contributed by atoms with Gasteiger partial charge in [0.15, 0.2) is 0 Å². The van der Waals surface area contributed by atoms with E-state index < -0.39 is 0 Å². The average Bonchev–Trinajstić information content (AvgIpc) is 2.20. The Balaban J connectivity index is 0.000000980. The Hall–Kier alpha value is -0.0800. The van der Waals surface area contributed by atoms with Crippen LogP contribution in [0, 0.1) is 0 Å². The number of piperidine rings is 1. The smallest absolute Gasteiger partial charge is 1.00 e. The predicted molar refractivity (Wildman–Crippen MR) is 53.8 cm³/mol. The normalized spacial score (nSPS) is 29.7. The van der Waals surface area contributed by atoms with Gasteiger partial charge in [0.2, 0.25) is 0 Å². The fraction of sp³-hybridized carbons (Fsp3) is 0.909. The topological polar surface area (TPSA) is 20.3 Å². The Labute approximate surface area is 93.9 Å². The highest BCUT2D eigenvalue weighted by Gasteiger charge is 2.28. The number of hydrogen-bond donors (Lipinski definition) is 0. The van der Waals surface area contributed by atoms with Crippen molar-refractivity contribution in [2.24, 2.45) is 0 Å². The van der Waals surface area contributed by atoms with E-state index in [4.69, 9.17) is 0 Å². The number of carbonyl (C=O) groups excluding carboxylic acids is 1. The van der Waals surface area contributed by atoms with Crippen LogP contribution in [-0.4, -0.2) is 29.8 Å². The summed E-state index contributed by atoms with van der Waals surface area (Å²) >= 11 is 0. The molecular formula is C11H20ClNO. The molecular weight excluding hydrogens is 198 g/mol. The van der Waals surface area contributed by atoms with Crippen molar-refractivity contribution in [1.29, 1.82) is 0 Å². The molecule has 0 aromatic carbocycles. The van der Waals surface area contributed by atoms with Crippen LogP contribution in [0.2, 0.25) is 0 Å². The standard InChI is InChI=1S/C11H19NO.ClH/c13-11-7-3-2-6-10(11)12-8-4-1-5-9-12;/h10H,1-9H2;1H. The van der Waals surface area contributed by atoms with E-state index in [-0.39, 0.29) is 13.8 Å². The molecule has 2 aliphatic rings. The van der Waals surface area contributed by atoms with Crippen LogP contribution in [0.25, 0.3) is 0 Å². The van der Waals surface area contributed by atoms with Gasteiger partial charge in [-0.25, -0.2) is 0 Å². The van der Waals surface area contributed by atoms with E-state index in [1.165, 1.54) is 25.7 Å². The third kappa shape index (κ3) is 2.71. The predicted octanol–water partition coefficient (Wildman–Crippen LogP) is -0.899. The van der Waals surface area contributed by atoms with E-state index in [2.05, 4.69) is 4.90 Å². The van der Waals surface area contributed by atoms with E-state index in [9.17, 15) is 4.79 Å². The largest absolute Gasteiger partial charge is 1.00 e. The first kappa shape index (κ1) is 12.0. The van der Waals surface area contributed by atoms with Gasteiger partial charge in [0, 0.05) is 6.42 Å². The van der Waals surface area contributed by atoms with Gasteiger partial charge >= 0.3 is 1.43 Å². The molecule has 1 saturated carbocycles. The Morgan fingerprint density at radius 3 is 2.43 bits per heavy atom. The molecule has 0 radical (unpaired) electrons. The maximum Gasteiger partial charge on any atom is 1.00 e. The lowest BCUT2D eigenvalue weighted by molar-refractivity contribution is -0.126. The third-order valence-electron chi connectivity index (χ3n) is 3.35. The molecule has 0 spiro atoms. The zero-order valence-electron chi connectivity index (χ0n) is 9.67. The van der Waals surface area contributed by atoms with Crippen molar-refractivity contribution in [2.75, 3.05) is 13.1 Å². The lowest BCUT2D eigenvalue weighted by Crippen LogP contribution is -3.00. The summed E-state index contributed by atoms with van der Waals surface area (Å²) < 4.78 is 0.